The Bertz CT molecular complexity index is 1330. The maximum atomic E-state index is 12.7. The normalized spacial score (nSPS) is 10.8. The quantitative estimate of drug-likeness (QED) is 0.279. The van der Waals surface area contributed by atoms with Crippen molar-refractivity contribution in [2.24, 2.45) is 0 Å². The van der Waals surface area contributed by atoms with Crippen LogP contribution < -0.4 is 0 Å². The van der Waals surface area contributed by atoms with Crippen molar-refractivity contribution in [2.75, 3.05) is 6.61 Å². The van der Waals surface area contributed by atoms with Crippen LogP contribution in [0.2, 0.25) is 5.02 Å². The Kier molecular flexibility index (Phi) is 6.38. The van der Waals surface area contributed by atoms with Crippen molar-refractivity contribution in [2.45, 2.75) is 20.8 Å². The van der Waals surface area contributed by atoms with Crippen LogP contribution in [0.5, 0.6) is 0 Å². The minimum Gasteiger partial charge on any atom is -0.451 e. The van der Waals surface area contributed by atoms with Crippen LogP contribution in [0, 0.1) is 20.8 Å². The Morgan fingerprint density at radius 1 is 0.939 bits per heavy atom. The third-order valence-electron chi connectivity index (χ3n) is 5.40. The summed E-state index contributed by atoms with van der Waals surface area (Å²) in [6.45, 7) is 5.59. The standard InChI is InChI=1S/C26H22ClN3O3/c1-16-7-9-20(10-8-16)25-28-24(29-30(25)22-6-4-5-17(2)18(22)3)26(32)33-15-23(31)19-11-13-21(27)14-12-19/h4-14H,15H2,1-3H3. The third-order valence-corrected chi connectivity index (χ3v) is 5.66. The van der Waals surface area contributed by atoms with E-state index in [9.17, 15) is 9.59 Å². The summed E-state index contributed by atoms with van der Waals surface area (Å²) in [5.74, 6) is -0.711. The van der Waals surface area contributed by atoms with Crippen molar-refractivity contribution in [3.8, 4) is 17.1 Å². The minimum atomic E-state index is -0.769. The van der Waals surface area contributed by atoms with Gasteiger partial charge in [0.15, 0.2) is 18.2 Å². The zero-order valence-corrected chi connectivity index (χ0v) is 19.3. The zero-order chi connectivity index (χ0) is 23.5. The lowest BCUT2D eigenvalue weighted by Gasteiger charge is -2.11. The van der Waals surface area contributed by atoms with Crippen LogP contribution in [0.15, 0.2) is 66.7 Å². The molecule has 0 amide bonds. The number of hydrogen-bond donors (Lipinski definition) is 0. The van der Waals surface area contributed by atoms with Crippen molar-refractivity contribution in [3.05, 3.63) is 99.8 Å². The van der Waals surface area contributed by atoms with Gasteiger partial charge in [-0.3, -0.25) is 4.79 Å². The molecule has 4 aromatic rings. The molecule has 0 bridgehead atoms. The van der Waals surface area contributed by atoms with Gasteiger partial charge in [0, 0.05) is 16.1 Å². The van der Waals surface area contributed by atoms with Crippen LogP contribution >= 0.6 is 11.6 Å². The molecule has 0 N–H and O–H groups in total. The Morgan fingerprint density at radius 2 is 1.64 bits per heavy atom. The van der Waals surface area contributed by atoms with Crippen LogP contribution in [-0.4, -0.2) is 33.1 Å². The molecule has 4 rings (SSSR count). The molecule has 6 nitrogen and oxygen atoms in total. The van der Waals surface area contributed by atoms with E-state index >= 15 is 0 Å². The van der Waals surface area contributed by atoms with E-state index in [1.54, 1.807) is 28.9 Å². The first-order valence-corrected chi connectivity index (χ1v) is 10.8. The Balaban J connectivity index is 1.65. The molecule has 0 spiro atoms. The molecule has 1 aromatic heterocycles. The highest BCUT2D eigenvalue weighted by Gasteiger charge is 2.22. The second-order valence-electron chi connectivity index (χ2n) is 7.76. The molecule has 0 atom stereocenters. The molecule has 7 heteroatoms. The predicted molar refractivity (Wildman–Crippen MR) is 127 cm³/mol. The smallest absolute Gasteiger partial charge is 0.378 e. The average Bonchev–Trinajstić information content (AvgIpc) is 3.25. The van der Waals surface area contributed by atoms with Crippen LogP contribution in [0.1, 0.15) is 37.7 Å². The highest BCUT2D eigenvalue weighted by Crippen LogP contribution is 2.25. The SMILES string of the molecule is Cc1ccc(-c2nc(C(=O)OCC(=O)c3ccc(Cl)cc3)nn2-c2cccc(C)c2C)cc1. The monoisotopic (exact) mass is 459 g/mol. The molecule has 0 radical (unpaired) electrons. The lowest BCUT2D eigenvalue weighted by Crippen LogP contribution is -2.15. The second kappa shape index (κ2) is 9.38. The average molecular weight is 460 g/mol. The first kappa shape index (κ1) is 22.4. The zero-order valence-electron chi connectivity index (χ0n) is 18.5. The van der Waals surface area contributed by atoms with E-state index in [2.05, 4.69) is 10.1 Å². The molecule has 0 aliphatic carbocycles. The number of halogens is 1. The molecule has 0 saturated carbocycles. The number of ketones is 1. The van der Waals surface area contributed by atoms with Gasteiger partial charge in [-0.15, -0.1) is 5.10 Å². The van der Waals surface area contributed by atoms with E-state index in [0.29, 0.717) is 16.4 Å². The number of esters is 1. The number of aryl methyl sites for hydroxylation is 2. The molecule has 0 saturated heterocycles. The summed E-state index contributed by atoms with van der Waals surface area (Å²) in [4.78, 5) is 29.6. The summed E-state index contributed by atoms with van der Waals surface area (Å²) in [6, 6.07) is 20.1. The van der Waals surface area contributed by atoms with Crippen LogP contribution in [-0.2, 0) is 4.74 Å². The van der Waals surface area contributed by atoms with Crippen molar-refractivity contribution in [3.63, 3.8) is 0 Å². The van der Waals surface area contributed by atoms with Crippen LogP contribution in [0.4, 0.5) is 0 Å². The van der Waals surface area contributed by atoms with E-state index < -0.39 is 12.6 Å². The topological polar surface area (TPSA) is 74.1 Å². The fourth-order valence-electron chi connectivity index (χ4n) is 3.34. The van der Waals surface area contributed by atoms with Gasteiger partial charge < -0.3 is 4.74 Å². The molecular formula is C26H22ClN3O3. The Hall–Kier alpha value is -3.77. The van der Waals surface area contributed by atoms with Gasteiger partial charge in [-0.1, -0.05) is 53.6 Å². The molecule has 0 fully saturated rings. The van der Waals surface area contributed by atoms with Crippen LogP contribution in [0.25, 0.3) is 17.1 Å². The first-order chi connectivity index (χ1) is 15.8. The van der Waals surface area contributed by atoms with E-state index in [1.165, 1.54) is 0 Å². The summed E-state index contributed by atoms with van der Waals surface area (Å²) in [5.41, 5.74) is 5.25. The first-order valence-electron chi connectivity index (χ1n) is 10.4. The molecule has 0 aliphatic rings. The van der Waals surface area contributed by atoms with Crippen LogP contribution in [0.3, 0.4) is 0 Å². The number of aromatic nitrogens is 3. The molecule has 33 heavy (non-hydrogen) atoms. The number of ether oxygens (including phenoxy) is 1. The summed E-state index contributed by atoms with van der Waals surface area (Å²) in [5, 5.41) is 4.97. The number of hydrogen-bond acceptors (Lipinski definition) is 5. The molecule has 0 unspecified atom stereocenters. The number of carbonyl (C=O) groups is 2. The van der Waals surface area contributed by atoms with Gasteiger partial charge in [0.1, 0.15) is 0 Å². The highest BCUT2D eigenvalue weighted by atomic mass is 35.5. The van der Waals surface area contributed by atoms with Gasteiger partial charge in [-0.25, -0.2) is 14.5 Å². The molecule has 1 heterocycles. The van der Waals surface area contributed by atoms with Gasteiger partial charge in [-0.05, 0) is 62.2 Å². The van der Waals surface area contributed by atoms with Gasteiger partial charge in [0.05, 0.1) is 5.69 Å². The molecule has 3 aromatic carbocycles. The Morgan fingerprint density at radius 3 is 2.33 bits per heavy atom. The summed E-state index contributed by atoms with van der Waals surface area (Å²) >= 11 is 5.86. The van der Waals surface area contributed by atoms with Gasteiger partial charge in [-0.2, -0.15) is 0 Å². The molecule has 0 aliphatic heterocycles. The number of rotatable bonds is 6. The maximum Gasteiger partial charge on any atom is 0.378 e. The van der Waals surface area contributed by atoms with Crippen molar-refractivity contribution >= 4 is 23.4 Å². The van der Waals surface area contributed by atoms with Gasteiger partial charge >= 0.3 is 5.97 Å². The Labute approximate surface area is 196 Å². The lowest BCUT2D eigenvalue weighted by molar-refractivity contribution is 0.0462. The number of carbonyl (C=O) groups excluding carboxylic acids is 2. The van der Waals surface area contributed by atoms with E-state index in [4.69, 9.17) is 16.3 Å². The summed E-state index contributed by atoms with van der Waals surface area (Å²) in [7, 11) is 0. The summed E-state index contributed by atoms with van der Waals surface area (Å²) in [6.07, 6.45) is 0. The van der Waals surface area contributed by atoms with Crippen molar-refractivity contribution < 1.29 is 14.3 Å². The predicted octanol–water partition coefficient (Wildman–Crippen LogP) is 5.55. The number of Topliss-reactive ketones (excluding diaryl/α,β-unsaturated/α-hetero) is 1. The second-order valence-corrected chi connectivity index (χ2v) is 8.20. The lowest BCUT2D eigenvalue weighted by atomic mass is 10.1. The van der Waals surface area contributed by atoms with E-state index in [-0.39, 0.29) is 11.6 Å². The van der Waals surface area contributed by atoms with Crippen molar-refractivity contribution in [1.82, 2.24) is 14.8 Å². The summed E-state index contributed by atoms with van der Waals surface area (Å²) < 4.78 is 6.87. The van der Waals surface area contributed by atoms with Gasteiger partial charge in [0.25, 0.3) is 5.82 Å². The fourth-order valence-corrected chi connectivity index (χ4v) is 3.46. The number of benzene rings is 3. The molecular weight excluding hydrogens is 438 g/mol. The number of nitrogens with zero attached hydrogens (tertiary/aromatic N) is 3. The molecule has 166 valence electrons. The highest BCUT2D eigenvalue weighted by molar-refractivity contribution is 6.30. The van der Waals surface area contributed by atoms with Gasteiger partial charge in [0.2, 0.25) is 0 Å². The van der Waals surface area contributed by atoms with E-state index in [1.807, 2.05) is 63.2 Å². The third kappa shape index (κ3) is 4.86. The maximum absolute atomic E-state index is 12.7. The fraction of sp³-hybridized carbons (Fsp3) is 0.154. The largest absolute Gasteiger partial charge is 0.451 e. The van der Waals surface area contributed by atoms with Crippen molar-refractivity contribution in [1.29, 1.82) is 0 Å². The minimum absolute atomic E-state index is 0.115. The van der Waals surface area contributed by atoms with E-state index in [0.717, 1.165) is 27.9 Å².